The number of aliphatic imine (C=N–C) groups is 1. The lowest BCUT2D eigenvalue weighted by molar-refractivity contribution is -0.739. The molecule has 0 aliphatic rings. The number of aryl methyl sites for hydroxylation is 1. The molecule has 0 bridgehead atoms. The van der Waals surface area contributed by atoms with E-state index in [1.54, 1.807) is 7.05 Å². The first-order valence-corrected chi connectivity index (χ1v) is 6.22. The summed E-state index contributed by atoms with van der Waals surface area (Å²) in [5.41, 5.74) is 5.41. The molecule has 0 aromatic carbocycles. The van der Waals surface area contributed by atoms with Gasteiger partial charge in [0.25, 0.3) is 6.20 Å². The molecule has 2 aromatic rings. The number of rotatable bonds is 4. The lowest BCUT2D eigenvalue weighted by atomic mass is 10.7. The third-order valence-corrected chi connectivity index (χ3v) is 3.41. The fraction of sp³-hybridized carbons (Fsp3) is 0.286. The largest absolute Gasteiger partial charge is 0.861 e. The molecule has 2 N–H and O–H groups in total. The molecule has 0 fully saturated rings. The van der Waals surface area contributed by atoms with Crippen LogP contribution in [0.2, 0.25) is 0 Å². The van der Waals surface area contributed by atoms with Crippen molar-refractivity contribution in [2.75, 3.05) is 11.5 Å². The third-order valence-electron chi connectivity index (χ3n) is 1.54. The molecule has 0 aliphatic heterocycles. The van der Waals surface area contributed by atoms with Gasteiger partial charge in [-0.05, 0) is 5.90 Å². The topological polar surface area (TPSA) is 117 Å². The van der Waals surface area contributed by atoms with E-state index in [2.05, 4.69) is 20.5 Å². The smallest absolute Gasteiger partial charge is 0.320 e. The highest BCUT2D eigenvalue weighted by atomic mass is 32.2. The van der Waals surface area contributed by atoms with Gasteiger partial charge in [-0.2, -0.15) is 0 Å². The lowest BCUT2D eigenvalue weighted by Crippen LogP contribution is -2.27. The summed E-state index contributed by atoms with van der Waals surface area (Å²) in [6.45, 7) is 0. The molecular formula is C7H8N6O2S2. The van der Waals surface area contributed by atoms with Crippen LogP contribution in [0.5, 0.6) is 0 Å². The molecule has 2 aromatic heterocycles. The van der Waals surface area contributed by atoms with Crippen LogP contribution in [0.15, 0.2) is 20.1 Å². The SMILES string of the molecule is C[n+]1cc(/N=C(\[O-])CSc2nnc(N)s2)on1. The molecule has 10 heteroatoms. The molecular weight excluding hydrogens is 264 g/mol. The van der Waals surface area contributed by atoms with Gasteiger partial charge in [-0.25, -0.2) is 4.99 Å². The average Bonchev–Trinajstić information content (AvgIpc) is 2.85. The van der Waals surface area contributed by atoms with E-state index in [0.717, 1.165) is 0 Å². The molecule has 17 heavy (non-hydrogen) atoms. The predicted octanol–water partition coefficient (Wildman–Crippen LogP) is -0.885. The first-order valence-electron chi connectivity index (χ1n) is 4.42. The van der Waals surface area contributed by atoms with Crippen molar-refractivity contribution in [3.63, 3.8) is 0 Å². The van der Waals surface area contributed by atoms with E-state index in [9.17, 15) is 5.11 Å². The molecule has 2 rings (SSSR count). The van der Waals surface area contributed by atoms with Crippen LogP contribution in [-0.2, 0) is 7.05 Å². The number of hydrogen-bond acceptors (Lipinski definition) is 9. The van der Waals surface area contributed by atoms with Gasteiger partial charge >= 0.3 is 5.88 Å². The highest BCUT2D eigenvalue weighted by Crippen LogP contribution is 2.23. The Morgan fingerprint density at radius 3 is 3.12 bits per heavy atom. The molecule has 0 amide bonds. The predicted molar refractivity (Wildman–Crippen MR) is 59.8 cm³/mol. The van der Waals surface area contributed by atoms with E-state index >= 15 is 0 Å². The molecule has 90 valence electrons. The molecule has 0 spiro atoms. The number of anilines is 1. The minimum absolute atomic E-state index is 0.152. The van der Waals surface area contributed by atoms with Crippen molar-refractivity contribution in [3.8, 4) is 0 Å². The molecule has 2 heterocycles. The van der Waals surface area contributed by atoms with E-state index in [0.29, 0.717) is 9.47 Å². The van der Waals surface area contributed by atoms with E-state index in [1.165, 1.54) is 34.0 Å². The zero-order valence-electron chi connectivity index (χ0n) is 8.73. The highest BCUT2D eigenvalue weighted by Gasteiger charge is 2.05. The maximum atomic E-state index is 11.4. The van der Waals surface area contributed by atoms with Gasteiger partial charge < -0.3 is 10.8 Å². The monoisotopic (exact) mass is 272 g/mol. The number of hydrogen-bond donors (Lipinski definition) is 1. The van der Waals surface area contributed by atoms with E-state index in [1.807, 2.05) is 0 Å². The molecule has 0 saturated carbocycles. The van der Waals surface area contributed by atoms with Crippen molar-refractivity contribution in [2.45, 2.75) is 4.34 Å². The number of nitrogens with two attached hydrogens (primary N) is 1. The van der Waals surface area contributed by atoms with Crippen molar-refractivity contribution >= 4 is 40.0 Å². The fourth-order valence-electron chi connectivity index (χ4n) is 0.920. The van der Waals surface area contributed by atoms with Gasteiger partial charge in [0.05, 0.1) is 0 Å². The highest BCUT2D eigenvalue weighted by molar-refractivity contribution is 8.01. The van der Waals surface area contributed by atoms with Crippen LogP contribution >= 0.6 is 23.1 Å². The average molecular weight is 272 g/mol. The summed E-state index contributed by atoms with van der Waals surface area (Å²) in [6, 6.07) is 0. The van der Waals surface area contributed by atoms with Gasteiger partial charge in [-0.15, -0.1) is 10.2 Å². The maximum Gasteiger partial charge on any atom is 0.320 e. The van der Waals surface area contributed by atoms with Gasteiger partial charge in [-0.3, -0.25) is 4.52 Å². The number of thioether (sulfide) groups is 1. The fourth-order valence-corrected chi connectivity index (χ4v) is 2.34. The summed E-state index contributed by atoms with van der Waals surface area (Å²) >= 11 is 2.45. The van der Waals surface area contributed by atoms with Crippen LogP contribution in [0.3, 0.4) is 0 Å². The van der Waals surface area contributed by atoms with Crippen LogP contribution in [0.25, 0.3) is 0 Å². The minimum Gasteiger partial charge on any atom is -0.861 e. The van der Waals surface area contributed by atoms with Gasteiger partial charge in [0.15, 0.2) is 16.7 Å². The number of nitrogens with zero attached hydrogens (tertiary/aromatic N) is 5. The second-order valence-corrected chi connectivity index (χ2v) is 5.15. The zero-order chi connectivity index (χ0) is 12.3. The van der Waals surface area contributed by atoms with E-state index < -0.39 is 0 Å². The third kappa shape index (κ3) is 3.39. The first-order chi connectivity index (χ1) is 8.13. The van der Waals surface area contributed by atoms with Crippen molar-refractivity contribution in [3.05, 3.63) is 6.20 Å². The Kier molecular flexibility index (Phi) is 3.54. The van der Waals surface area contributed by atoms with Gasteiger partial charge in [0, 0.05) is 5.75 Å². The Hall–Kier alpha value is -1.68. The van der Waals surface area contributed by atoms with Gasteiger partial charge in [-0.1, -0.05) is 27.8 Å². The van der Waals surface area contributed by atoms with Crippen LogP contribution in [0.1, 0.15) is 0 Å². The Bertz CT molecular complexity index is 536. The molecule has 0 atom stereocenters. The summed E-state index contributed by atoms with van der Waals surface area (Å²) in [6.07, 6.45) is 1.51. The summed E-state index contributed by atoms with van der Waals surface area (Å²) in [4.78, 5) is 3.72. The quantitative estimate of drug-likeness (QED) is 0.332. The second-order valence-electron chi connectivity index (χ2n) is 2.91. The molecule has 0 radical (unpaired) electrons. The Morgan fingerprint density at radius 2 is 2.53 bits per heavy atom. The maximum absolute atomic E-state index is 11.4. The second kappa shape index (κ2) is 5.10. The molecule has 0 unspecified atom stereocenters. The van der Waals surface area contributed by atoms with Crippen LogP contribution < -0.4 is 15.5 Å². The summed E-state index contributed by atoms with van der Waals surface area (Å²) in [7, 11) is 1.67. The van der Waals surface area contributed by atoms with Gasteiger partial charge in [0.1, 0.15) is 0 Å². The number of aromatic nitrogens is 4. The van der Waals surface area contributed by atoms with E-state index in [-0.39, 0.29) is 17.5 Å². The van der Waals surface area contributed by atoms with Crippen molar-refractivity contribution in [2.24, 2.45) is 12.0 Å². The van der Waals surface area contributed by atoms with Crippen molar-refractivity contribution in [1.29, 1.82) is 0 Å². The van der Waals surface area contributed by atoms with Crippen molar-refractivity contribution in [1.82, 2.24) is 15.5 Å². The summed E-state index contributed by atoms with van der Waals surface area (Å²) < 4.78 is 6.82. The standard InChI is InChI=1S/C7H8N6O2S2/c1-13-2-5(15-12-13)9-4(14)3-16-7-11-10-6(8)17-7/h2H,3H2,1H3,(H2-,8,9,10,12,14). The summed E-state index contributed by atoms with van der Waals surface area (Å²) in [5, 5.41) is 22.8. The molecule has 0 saturated heterocycles. The minimum atomic E-state index is -0.333. The number of nitrogen functional groups attached to an aromatic ring is 1. The van der Waals surface area contributed by atoms with Crippen LogP contribution in [0.4, 0.5) is 11.0 Å². The first kappa shape index (κ1) is 11.8. The van der Waals surface area contributed by atoms with Gasteiger partial charge in [0.2, 0.25) is 5.13 Å². The Morgan fingerprint density at radius 1 is 1.71 bits per heavy atom. The van der Waals surface area contributed by atoms with Crippen molar-refractivity contribution < 1.29 is 14.3 Å². The van der Waals surface area contributed by atoms with Crippen LogP contribution in [-0.4, -0.2) is 27.1 Å². The Labute approximate surface area is 104 Å². The summed E-state index contributed by atoms with van der Waals surface area (Å²) in [5.74, 6) is -0.00520. The normalized spacial score (nSPS) is 11.9. The zero-order valence-corrected chi connectivity index (χ0v) is 10.4. The lowest BCUT2D eigenvalue weighted by Gasteiger charge is -2.05. The molecule has 0 aliphatic carbocycles. The Balaban J connectivity index is 1.93. The van der Waals surface area contributed by atoms with E-state index in [4.69, 9.17) is 10.3 Å². The van der Waals surface area contributed by atoms with Crippen LogP contribution in [0, 0.1) is 0 Å². The molecule has 8 nitrogen and oxygen atoms in total.